The molecule has 0 spiro atoms. The molecule has 0 fully saturated rings. The molecule has 0 saturated heterocycles. The summed E-state index contributed by atoms with van der Waals surface area (Å²) in [6.45, 7) is 2.07. The smallest absolute Gasteiger partial charge is 0.303 e. The van der Waals surface area contributed by atoms with Crippen LogP contribution in [0.25, 0.3) is 0 Å². The number of hydrogen-bond donors (Lipinski definition) is 2. The van der Waals surface area contributed by atoms with E-state index in [1.54, 1.807) is 0 Å². The van der Waals surface area contributed by atoms with Gasteiger partial charge in [-0.1, -0.05) is 6.92 Å². The molecule has 1 unspecified atom stereocenters. The van der Waals surface area contributed by atoms with Gasteiger partial charge in [0.1, 0.15) is 0 Å². The van der Waals surface area contributed by atoms with Gasteiger partial charge in [-0.15, -0.1) is 0 Å². The zero-order valence-electron chi connectivity index (χ0n) is 8.21. The average Bonchev–Trinajstić information content (AvgIpc) is 2.61. The van der Waals surface area contributed by atoms with E-state index in [1.807, 2.05) is 0 Å². The molecule has 0 aliphatic heterocycles. The van der Waals surface area contributed by atoms with Crippen LogP contribution in [0.4, 0.5) is 0 Å². The van der Waals surface area contributed by atoms with Crippen molar-refractivity contribution < 1.29 is 9.90 Å². The highest BCUT2D eigenvalue weighted by Gasteiger charge is 2.27. The lowest BCUT2D eigenvalue weighted by Crippen LogP contribution is -2.08. The minimum atomic E-state index is -0.703. The number of fused-ring (bicyclic) bond motifs is 1. The lowest BCUT2D eigenvalue weighted by atomic mass is 10.0. The van der Waals surface area contributed by atoms with Gasteiger partial charge in [0.15, 0.2) is 0 Å². The van der Waals surface area contributed by atoms with Crippen LogP contribution in [0.15, 0.2) is 0 Å². The molecule has 0 amide bonds. The summed E-state index contributed by atoms with van der Waals surface area (Å²) < 4.78 is 0. The molecule has 1 aliphatic carbocycles. The third-order valence-electron chi connectivity index (χ3n) is 2.82. The highest BCUT2D eigenvalue weighted by atomic mass is 16.4. The molecule has 14 heavy (non-hydrogen) atoms. The van der Waals surface area contributed by atoms with Crippen molar-refractivity contribution in [2.24, 2.45) is 5.92 Å². The number of carboxylic acids is 1. The molecular weight excluding hydrogens is 180 g/mol. The van der Waals surface area contributed by atoms with E-state index in [2.05, 4.69) is 17.1 Å². The zero-order chi connectivity index (χ0) is 10.1. The average molecular weight is 194 g/mol. The molecule has 4 nitrogen and oxygen atoms in total. The van der Waals surface area contributed by atoms with E-state index < -0.39 is 5.97 Å². The van der Waals surface area contributed by atoms with Crippen LogP contribution in [0.1, 0.15) is 30.3 Å². The normalized spacial score (nSPS) is 19.6. The number of aromatic amines is 1. The second kappa shape index (κ2) is 3.44. The Morgan fingerprint density at radius 3 is 3.07 bits per heavy atom. The summed E-state index contributed by atoms with van der Waals surface area (Å²) in [7, 11) is 0. The third-order valence-corrected chi connectivity index (χ3v) is 2.82. The van der Waals surface area contributed by atoms with Crippen LogP contribution < -0.4 is 0 Å². The number of nitrogens with one attached hydrogen (secondary N) is 1. The third kappa shape index (κ3) is 1.52. The van der Waals surface area contributed by atoms with Gasteiger partial charge in [0, 0.05) is 12.1 Å². The Bertz CT molecular complexity index is 357. The van der Waals surface area contributed by atoms with Gasteiger partial charge in [0.2, 0.25) is 0 Å². The topological polar surface area (TPSA) is 66.0 Å². The summed E-state index contributed by atoms with van der Waals surface area (Å²) in [4.78, 5) is 10.6. The maximum atomic E-state index is 10.6. The Morgan fingerprint density at radius 2 is 2.43 bits per heavy atom. The monoisotopic (exact) mass is 194 g/mol. The molecule has 1 atom stereocenters. The number of H-pyrrole nitrogens is 1. The Labute approximate surface area is 82.3 Å². The number of carboxylic acid groups (broad SMARTS) is 1. The molecule has 1 aliphatic rings. The van der Waals surface area contributed by atoms with E-state index in [-0.39, 0.29) is 12.3 Å². The van der Waals surface area contributed by atoms with Gasteiger partial charge in [0.05, 0.1) is 5.69 Å². The van der Waals surface area contributed by atoms with Crippen molar-refractivity contribution in [3.8, 4) is 0 Å². The van der Waals surface area contributed by atoms with Gasteiger partial charge in [-0.2, -0.15) is 5.10 Å². The predicted molar refractivity (Wildman–Crippen MR) is 51.1 cm³/mol. The highest BCUT2D eigenvalue weighted by Crippen LogP contribution is 2.29. The van der Waals surface area contributed by atoms with Crippen molar-refractivity contribution in [2.45, 2.75) is 32.6 Å². The highest BCUT2D eigenvalue weighted by molar-refractivity contribution is 5.67. The summed E-state index contributed by atoms with van der Waals surface area (Å²) >= 11 is 0. The molecule has 2 N–H and O–H groups in total. The molecule has 0 radical (unpaired) electrons. The first-order valence-corrected chi connectivity index (χ1v) is 4.97. The predicted octanol–water partition coefficient (Wildman–Crippen LogP) is 1.16. The van der Waals surface area contributed by atoms with Crippen LogP contribution in [0, 0.1) is 5.92 Å². The van der Waals surface area contributed by atoms with Crippen molar-refractivity contribution in [3.05, 3.63) is 17.0 Å². The number of hydrogen-bond acceptors (Lipinski definition) is 2. The summed E-state index contributed by atoms with van der Waals surface area (Å²) in [5.74, 6) is -0.437. The second-order valence-corrected chi connectivity index (χ2v) is 3.85. The van der Waals surface area contributed by atoms with Gasteiger partial charge in [-0.05, 0) is 30.7 Å². The number of aliphatic carboxylic acids is 1. The summed E-state index contributed by atoms with van der Waals surface area (Å²) in [5.41, 5.74) is 3.51. The molecule has 1 heterocycles. The molecule has 76 valence electrons. The van der Waals surface area contributed by atoms with Crippen LogP contribution in [0.2, 0.25) is 0 Å². The number of carbonyl (C=O) groups is 1. The van der Waals surface area contributed by atoms with Crippen molar-refractivity contribution in [3.63, 3.8) is 0 Å². The first-order chi connectivity index (χ1) is 6.70. The SMILES string of the molecule is CCc1n[nH]c2c1CC(CC(=O)O)C2. The van der Waals surface area contributed by atoms with Crippen LogP contribution in [-0.4, -0.2) is 21.3 Å². The van der Waals surface area contributed by atoms with Gasteiger partial charge in [-0.25, -0.2) is 0 Å². The fourth-order valence-corrected chi connectivity index (χ4v) is 2.19. The molecule has 1 aromatic rings. The lowest BCUT2D eigenvalue weighted by Gasteiger charge is -2.04. The van der Waals surface area contributed by atoms with Gasteiger partial charge < -0.3 is 5.11 Å². The van der Waals surface area contributed by atoms with Crippen molar-refractivity contribution in [1.29, 1.82) is 0 Å². The van der Waals surface area contributed by atoms with E-state index >= 15 is 0 Å². The molecule has 0 bridgehead atoms. The minimum Gasteiger partial charge on any atom is -0.481 e. The van der Waals surface area contributed by atoms with Crippen molar-refractivity contribution in [2.75, 3.05) is 0 Å². The maximum Gasteiger partial charge on any atom is 0.303 e. The number of rotatable bonds is 3. The van der Waals surface area contributed by atoms with Gasteiger partial charge >= 0.3 is 5.97 Å². The largest absolute Gasteiger partial charge is 0.481 e. The lowest BCUT2D eigenvalue weighted by molar-refractivity contribution is -0.138. The van der Waals surface area contributed by atoms with Crippen LogP contribution >= 0.6 is 0 Å². The Hall–Kier alpha value is -1.32. The number of nitrogens with zero attached hydrogens (tertiary/aromatic N) is 1. The van der Waals surface area contributed by atoms with Crippen LogP contribution in [0.5, 0.6) is 0 Å². The van der Waals surface area contributed by atoms with E-state index in [1.165, 1.54) is 5.56 Å². The van der Waals surface area contributed by atoms with Gasteiger partial charge in [-0.3, -0.25) is 9.89 Å². The fraction of sp³-hybridized carbons (Fsp3) is 0.600. The maximum absolute atomic E-state index is 10.6. The Balaban J connectivity index is 2.10. The van der Waals surface area contributed by atoms with E-state index in [0.29, 0.717) is 0 Å². The van der Waals surface area contributed by atoms with Crippen LogP contribution in [0.3, 0.4) is 0 Å². The number of aromatic nitrogens is 2. The molecule has 0 aromatic carbocycles. The first-order valence-electron chi connectivity index (χ1n) is 4.97. The van der Waals surface area contributed by atoms with Crippen molar-refractivity contribution in [1.82, 2.24) is 10.2 Å². The second-order valence-electron chi connectivity index (χ2n) is 3.85. The Kier molecular flexibility index (Phi) is 2.27. The molecule has 0 saturated carbocycles. The quantitative estimate of drug-likeness (QED) is 0.758. The first kappa shape index (κ1) is 9.24. The molecule has 4 heteroatoms. The Morgan fingerprint density at radius 1 is 1.64 bits per heavy atom. The van der Waals surface area contributed by atoms with E-state index in [9.17, 15) is 4.79 Å². The fourth-order valence-electron chi connectivity index (χ4n) is 2.19. The molecule has 2 rings (SSSR count). The standard InChI is InChI=1S/C10H14N2O2/c1-2-8-7-3-6(5-10(13)14)4-9(7)12-11-8/h6H,2-5H2,1H3,(H,11,12)(H,13,14). The minimum absolute atomic E-state index is 0.266. The summed E-state index contributed by atoms with van der Waals surface area (Å²) in [5, 5.41) is 15.9. The number of aryl methyl sites for hydroxylation is 1. The van der Waals surface area contributed by atoms with Gasteiger partial charge in [0.25, 0.3) is 0 Å². The summed E-state index contributed by atoms with van der Waals surface area (Å²) in [6, 6.07) is 0. The van der Waals surface area contributed by atoms with E-state index in [0.717, 1.165) is 30.7 Å². The molecule has 1 aromatic heterocycles. The summed E-state index contributed by atoms with van der Waals surface area (Å²) in [6.07, 6.45) is 2.91. The van der Waals surface area contributed by atoms with Crippen LogP contribution in [-0.2, 0) is 24.1 Å². The molecular formula is C10H14N2O2. The van der Waals surface area contributed by atoms with E-state index in [4.69, 9.17) is 5.11 Å². The zero-order valence-corrected chi connectivity index (χ0v) is 8.21. The van der Waals surface area contributed by atoms with Crippen molar-refractivity contribution >= 4 is 5.97 Å².